The molecule has 1 aliphatic heterocycles. The molecule has 1 saturated carbocycles. The van der Waals surface area contributed by atoms with Gasteiger partial charge in [0, 0.05) is 58.2 Å². The molecule has 30 heavy (non-hydrogen) atoms. The average Bonchev–Trinajstić information content (AvgIpc) is 3.37. The lowest BCUT2D eigenvalue weighted by Gasteiger charge is -2.40. The number of hydrogen-bond donors (Lipinski definition) is 1. The second-order valence-electron chi connectivity index (χ2n) is 9.39. The normalized spacial score (nSPS) is 18.4. The highest BCUT2D eigenvalue weighted by Gasteiger charge is 2.35. The van der Waals surface area contributed by atoms with Crippen LogP contribution in [0.3, 0.4) is 0 Å². The molecule has 1 saturated heterocycles. The van der Waals surface area contributed by atoms with Crippen molar-refractivity contribution in [1.29, 1.82) is 0 Å². The molecule has 0 spiro atoms. The zero-order chi connectivity index (χ0) is 21.6. The molecule has 0 bridgehead atoms. The average molecular weight is 419 g/mol. The molecule has 168 valence electrons. The first-order valence-corrected chi connectivity index (χ1v) is 11.3. The Kier molecular flexibility index (Phi) is 7.61. The van der Waals surface area contributed by atoms with Crippen molar-refractivity contribution in [3.8, 4) is 0 Å². The number of nitrogens with zero attached hydrogens (tertiary/aromatic N) is 5. The van der Waals surface area contributed by atoms with Crippen LogP contribution in [0.4, 0.5) is 4.79 Å². The Morgan fingerprint density at radius 1 is 1.27 bits per heavy atom. The van der Waals surface area contributed by atoms with Crippen LogP contribution < -0.4 is 5.32 Å². The summed E-state index contributed by atoms with van der Waals surface area (Å²) in [4.78, 5) is 21.6. The number of hydrogen-bond acceptors (Lipinski definition) is 4. The fourth-order valence-electron chi connectivity index (χ4n) is 3.87. The molecule has 1 aliphatic carbocycles. The molecule has 8 heteroatoms. The van der Waals surface area contributed by atoms with E-state index in [1.807, 2.05) is 49.7 Å². The summed E-state index contributed by atoms with van der Waals surface area (Å²) in [5.41, 5.74) is -0.457. The van der Waals surface area contributed by atoms with Crippen molar-refractivity contribution < 1.29 is 9.53 Å². The van der Waals surface area contributed by atoms with Crippen LogP contribution in [0.1, 0.15) is 52.9 Å². The topological polar surface area (TPSA) is 75.0 Å². The minimum absolute atomic E-state index is 0.158. The SMILES string of the molecule is CN=C(NCCCn1cccn1)N1CCC(N(CC2CC2)C(=O)OC(C)(C)C)CC1. The minimum Gasteiger partial charge on any atom is -0.444 e. The lowest BCUT2D eigenvalue weighted by Crippen LogP contribution is -2.52. The summed E-state index contributed by atoms with van der Waals surface area (Å²) < 4.78 is 7.65. The Bertz CT molecular complexity index is 685. The first kappa shape index (κ1) is 22.4. The second-order valence-corrected chi connectivity index (χ2v) is 9.39. The summed E-state index contributed by atoms with van der Waals surface area (Å²) >= 11 is 0. The minimum atomic E-state index is -0.457. The molecule has 1 aromatic heterocycles. The molecule has 2 heterocycles. The van der Waals surface area contributed by atoms with Crippen LogP contribution in [0.25, 0.3) is 0 Å². The van der Waals surface area contributed by atoms with E-state index in [0.29, 0.717) is 5.92 Å². The molecule has 1 N–H and O–H groups in total. The van der Waals surface area contributed by atoms with Crippen LogP contribution in [0.2, 0.25) is 0 Å². The van der Waals surface area contributed by atoms with Gasteiger partial charge in [-0.1, -0.05) is 0 Å². The van der Waals surface area contributed by atoms with Crippen molar-refractivity contribution in [2.45, 2.75) is 71.1 Å². The fourth-order valence-corrected chi connectivity index (χ4v) is 3.87. The molecule has 1 aromatic rings. The summed E-state index contributed by atoms with van der Waals surface area (Å²) in [6, 6.07) is 2.19. The van der Waals surface area contributed by atoms with Gasteiger partial charge in [0.15, 0.2) is 5.96 Å². The highest BCUT2D eigenvalue weighted by molar-refractivity contribution is 5.80. The molecule has 0 unspecified atom stereocenters. The Morgan fingerprint density at radius 2 is 2.00 bits per heavy atom. The van der Waals surface area contributed by atoms with Crippen molar-refractivity contribution >= 4 is 12.1 Å². The number of ether oxygens (including phenoxy) is 1. The summed E-state index contributed by atoms with van der Waals surface area (Å²) in [5, 5.41) is 7.71. The van der Waals surface area contributed by atoms with Crippen molar-refractivity contribution in [2.24, 2.45) is 10.9 Å². The van der Waals surface area contributed by atoms with Crippen molar-refractivity contribution in [2.75, 3.05) is 33.2 Å². The number of likely N-dealkylation sites (tertiary alicyclic amines) is 1. The molecular formula is C22H38N6O2. The van der Waals surface area contributed by atoms with Gasteiger partial charge in [-0.3, -0.25) is 9.67 Å². The number of nitrogens with one attached hydrogen (secondary N) is 1. The Labute approximate surface area is 180 Å². The van der Waals surface area contributed by atoms with Gasteiger partial charge in [0.05, 0.1) is 0 Å². The molecule has 0 atom stereocenters. The van der Waals surface area contributed by atoms with Crippen LogP contribution >= 0.6 is 0 Å². The van der Waals surface area contributed by atoms with E-state index in [1.54, 1.807) is 6.20 Å². The van der Waals surface area contributed by atoms with Gasteiger partial charge in [-0.05, 0) is 64.9 Å². The molecule has 8 nitrogen and oxygen atoms in total. The van der Waals surface area contributed by atoms with E-state index >= 15 is 0 Å². The van der Waals surface area contributed by atoms with Crippen LogP contribution in [0, 0.1) is 5.92 Å². The zero-order valence-corrected chi connectivity index (χ0v) is 19.0. The summed E-state index contributed by atoms with van der Waals surface area (Å²) in [6.45, 7) is 10.2. The number of carbonyl (C=O) groups excluding carboxylic acids is 1. The van der Waals surface area contributed by atoms with E-state index in [0.717, 1.165) is 57.9 Å². The smallest absolute Gasteiger partial charge is 0.410 e. The van der Waals surface area contributed by atoms with Gasteiger partial charge < -0.3 is 19.9 Å². The van der Waals surface area contributed by atoms with Gasteiger partial charge in [-0.25, -0.2) is 4.79 Å². The zero-order valence-electron chi connectivity index (χ0n) is 19.0. The molecule has 3 rings (SSSR count). The predicted octanol–water partition coefficient (Wildman–Crippen LogP) is 2.96. The van der Waals surface area contributed by atoms with Crippen molar-refractivity contribution in [3.63, 3.8) is 0 Å². The third kappa shape index (κ3) is 6.92. The molecule has 2 aliphatic rings. The van der Waals surface area contributed by atoms with Crippen LogP contribution in [0.5, 0.6) is 0 Å². The maximum absolute atomic E-state index is 12.8. The number of carbonyl (C=O) groups is 1. The number of guanidine groups is 1. The number of aryl methyl sites for hydroxylation is 1. The van der Waals surface area contributed by atoms with Crippen molar-refractivity contribution in [1.82, 2.24) is 24.9 Å². The number of piperidine rings is 1. The van der Waals surface area contributed by atoms with Gasteiger partial charge in [-0.2, -0.15) is 5.10 Å². The molecule has 1 amide bonds. The molecule has 0 aromatic carbocycles. The van der Waals surface area contributed by atoms with Crippen LogP contribution in [-0.4, -0.2) is 76.5 Å². The van der Waals surface area contributed by atoms with E-state index < -0.39 is 5.60 Å². The van der Waals surface area contributed by atoms with E-state index in [-0.39, 0.29) is 12.1 Å². The Morgan fingerprint density at radius 3 is 2.57 bits per heavy atom. The third-order valence-electron chi connectivity index (χ3n) is 5.60. The summed E-state index contributed by atoms with van der Waals surface area (Å²) in [6.07, 6.45) is 8.97. The van der Waals surface area contributed by atoms with E-state index in [4.69, 9.17) is 4.74 Å². The van der Waals surface area contributed by atoms with E-state index in [9.17, 15) is 4.79 Å². The van der Waals surface area contributed by atoms with E-state index in [1.165, 1.54) is 12.8 Å². The Hall–Kier alpha value is -2.25. The maximum atomic E-state index is 12.8. The summed E-state index contributed by atoms with van der Waals surface area (Å²) in [5.74, 6) is 1.60. The maximum Gasteiger partial charge on any atom is 0.410 e. The third-order valence-corrected chi connectivity index (χ3v) is 5.60. The van der Waals surface area contributed by atoms with Gasteiger partial charge in [0.2, 0.25) is 0 Å². The van der Waals surface area contributed by atoms with Gasteiger partial charge >= 0.3 is 6.09 Å². The fraction of sp³-hybridized carbons (Fsp3) is 0.773. The largest absolute Gasteiger partial charge is 0.444 e. The monoisotopic (exact) mass is 418 g/mol. The summed E-state index contributed by atoms with van der Waals surface area (Å²) in [7, 11) is 1.84. The quantitative estimate of drug-likeness (QED) is 0.419. The first-order chi connectivity index (χ1) is 14.4. The molecule has 0 radical (unpaired) electrons. The van der Waals surface area contributed by atoms with E-state index in [2.05, 4.69) is 20.3 Å². The number of amides is 1. The number of rotatable bonds is 7. The first-order valence-electron chi connectivity index (χ1n) is 11.3. The number of aliphatic imine (C=N–C) groups is 1. The highest BCUT2D eigenvalue weighted by Crippen LogP contribution is 2.32. The van der Waals surface area contributed by atoms with Gasteiger partial charge in [-0.15, -0.1) is 0 Å². The van der Waals surface area contributed by atoms with Gasteiger partial charge in [0.1, 0.15) is 5.60 Å². The van der Waals surface area contributed by atoms with Crippen molar-refractivity contribution in [3.05, 3.63) is 18.5 Å². The highest BCUT2D eigenvalue weighted by atomic mass is 16.6. The molecule has 2 fully saturated rings. The lowest BCUT2D eigenvalue weighted by atomic mass is 10.0. The lowest BCUT2D eigenvalue weighted by molar-refractivity contribution is 0.00928. The predicted molar refractivity (Wildman–Crippen MR) is 118 cm³/mol. The van der Waals surface area contributed by atoms with Crippen LogP contribution in [0.15, 0.2) is 23.5 Å². The van der Waals surface area contributed by atoms with Crippen LogP contribution in [-0.2, 0) is 11.3 Å². The Balaban J connectivity index is 1.46. The molecular weight excluding hydrogens is 380 g/mol. The number of aromatic nitrogens is 2. The second kappa shape index (κ2) is 10.2. The van der Waals surface area contributed by atoms with Gasteiger partial charge in [0.25, 0.3) is 0 Å². The standard InChI is InChI=1S/C22H38N6O2/c1-22(2,3)30-21(29)28(17-18-7-8-18)19-9-15-26(16-10-19)20(23-4)24-11-5-13-27-14-6-12-25-27/h6,12,14,18-19H,5,7-11,13,15-17H2,1-4H3,(H,23,24).